The maximum absolute atomic E-state index is 4.01. The number of aliphatic imine (C=N–C) groups is 1. The average Bonchev–Trinajstić information content (AvgIpc) is 2.00. The number of allylic oxidation sites excluding steroid dienone is 1. The van der Waals surface area contributed by atoms with Gasteiger partial charge in [0.1, 0.15) is 0 Å². The summed E-state index contributed by atoms with van der Waals surface area (Å²) in [6.45, 7) is 8.26. The second-order valence-corrected chi connectivity index (χ2v) is 2.67. The van der Waals surface area contributed by atoms with Gasteiger partial charge in [0.25, 0.3) is 0 Å². The molecule has 0 spiro atoms. The minimum Gasteiger partial charge on any atom is -0.385 e. The molecule has 11 heavy (non-hydrogen) atoms. The number of rotatable bonds is 4. The molecule has 0 bridgehead atoms. The first-order valence-corrected chi connectivity index (χ1v) is 4.11. The van der Waals surface area contributed by atoms with Gasteiger partial charge in [0.05, 0.1) is 0 Å². The van der Waals surface area contributed by atoms with Gasteiger partial charge in [-0.2, -0.15) is 0 Å². The summed E-state index contributed by atoms with van der Waals surface area (Å²) in [6, 6.07) is 0.540. The molecular weight excluding hydrogens is 136 g/mol. The molecule has 0 amide bonds. The molecule has 0 aliphatic carbocycles. The quantitative estimate of drug-likeness (QED) is 0.617. The fourth-order valence-corrected chi connectivity index (χ4v) is 0.714. The highest BCUT2D eigenvalue weighted by molar-refractivity contribution is 5.54. The molecule has 0 aromatic carbocycles. The van der Waals surface area contributed by atoms with Crippen LogP contribution in [0.2, 0.25) is 0 Å². The van der Waals surface area contributed by atoms with Crippen molar-refractivity contribution in [2.24, 2.45) is 4.99 Å². The zero-order valence-electron chi connectivity index (χ0n) is 7.89. The molecular formula is C9H18N2. The van der Waals surface area contributed by atoms with Crippen molar-refractivity contribution < 1.29 is 0 Å². The Kier molecular flexibility index (Phi) is 5.53. The van der Waals surface area contributed by atoms with E-state index >= 15 is 0 Å². The minimum absolute atomic E-state index is 0.540. The van der Waals surface area contributed by atoms with Crippen LogP contribution >= 0.6 is 0 Å². The van der Waals surface area contributed by atoms with Crippen molar-refractivity contribution in [2.45, 2.75) is 40.2 Å². The molecule has 0 aromatic rings. The standard InChI is InChI=1S/C9H18N2/c1-5-8(3)11-9(4)7-10-6-2/h6-8,11H,5H2,1-4H3/b9-7-,10-6?. The van der Waals surface area contributed by atoms with Gasteiger partial charge in [-0.15, -0.1) is 0 Å². The predicted octanol–water partition coefficient (Wildman–Crippen LogP) is 2.33. The first kappa shape index (κ1) is 10.2. The van der Waals surface area contributed by atoms with Crippen LogP contribution in [0.1, 0.15) is 34.1 Å². The van der Waals surface area contributed by atoms with Crippen LogP contribution in [0.4, 0.5) is 0 Å². The van der Waals surface area contributed by atoms with Crippen molar-refractivity contribution in [1.29, 1.82) is 0 Å². The molecule has 0 aliphatic rings. The summed E-state index contributed by atoms with van der Waals surface area (Å²) < 4.78 is 0. The van der Waals surface area contributed by atoms with E-state index in [-0.39, 0.29) is 0 Å². The lowest BCUT2D eigenvalue weighted by atomic mass is 10.2. The molecule has 0 saturated carbocycles. The summed E-state index contributed by atoms with van der Waals surface area (Å²) >= 11 is 0. The van der Waals surface area contributed by atoms with Crippen LogP contribution < -0.4 is 5.32 Å². The Hall–Kier alpha value is -0.790. The summed E-state index contributed by atoms with van der Waals surface area (Å²) in [5.74, 6) is 0. The van der Waals surface area contributed by atoms with Gasteiger partial charge in [-0.3, -0.25) is 4.99 Å². The summed E-state index contributed by atoms with van der Waals surface area (Å²) in [5, 5.41) is 3.31. The first-order valence-electron chi connectivity index (χ1n) is 4.11. The maximum Gasteiger partial charge on any atom is 0.0450 e. The van der Waals surface area contributed by atoms with E-state index in [1.165, 1.54) is 0 Å². The van der Waals surface area contributed by atoms with Crippen LogP contribution in [0, 0.1) is 0 Å². The molecule has 2 heteroatoms. The Morgan fingerprint density at radius 3 is 2.73 bits per heavy atom. The van der Waals surface area contributed by atoms with Crippen molar-refractivity contribution in [3.63, 3.8) is 0 Å². The van der Waals surface area contributed by atoms with E-state index in [9.17, 15) is 0 Å². The third-order valence-corrected chi connectivity index (χ3v) is 1.50. The average molecular weight is 154 g/mol. The van der Waals surface area contributed by atoms with Crippen molar-refractivity contribution in [1.82, 2.24) is 5.32 Å². The molecule has 0 aromatic heterocycles. The Labute approximate surface area is 69.4 Å². The van der Waals surface area contributed by atoms with Gasteiger partial charge in [-0.25, -0.2) is 0 Å². The van der Waals surface area contributed by atoms with Crippen LogP contribution in [-0.2, 0) is 0 Å². The molecule has 0 aliphatic heterocycles. The molecule has 1 atom stereocenters. The second kappa shape index (κ2) is 5.96. The third-order valence-electron chi connectivity index (χ3n) is 1.50. The molecule has 0 fully saturated rings. The lowest BCUT2D eigenvalue weighted by Gasteiger charge is -2.11. The number of nitrogens with zero attached hydrogens (tertiary/aromatic N) is 1. The highest BCUT2D eigenvalue weighted by atomic mass is 14.9. The lowest BCUT2D eigenvalue weighted by molar-refractivity contribution is 0.595. The minimum atomic E-state index is 0.540. The first-order chi connectivity index (χ1) is 5.20. The van der Waals surface area contributed by atoms with Gasteiger partial charge in [0.15, 0.2) is 0 Å². The van der Waals surface area contributed by atoms with Gasteiger partial charge in [-0.1, -0.05) is 6.92 Å². The zero-order chi connectivity index (χ0) is 8.69. The van der Waals surface area contributed by atoms with Gasteiger partial charge in [0.2, 0.25) is 0 Å². The Morgan fingerprint density at radius 2 is 2.27 bits per heavy atom. The monoisotopic (exact) mass is 154 g/mol. The Morgan fingerprint density at radius 1 is 1.64 bits per heavy atom. The smallest absolute Gasteiger partial charge is 0.0450 e. The van der Waals surface area contributed by atoms with E-state index in [1.807, 2.05) is 20.0 Å². The van der Waals surface area contributed by atoms with Crippen molar-refractivity contribution in [3.05, 3.63) is 11.9 Å². The van der Waals surface area contributed by atoms with E-state index in [0.29, 0.717) is 6.04 Å². The molecule has 1 N–H and O–H groups in total. The van der Waals surface area contributed by atoms with Crippen LogP contribution in [0.25, 0.3) is 0 Å². The summed E-state index contributed by atoms with van der Waals surface area (Å²) in [6.07, 6.45) is 4.76. The van der Waals surface area contributed by atoms with Crippen molar-refractivity contribution >= 4 is 6.21 Å². The van der Waals surface area contributed by atoms with Crippen LogP contribution in [0.15, 0.2) is 16.9 Å². The fourth-order valence-electron chi connectivity index (χ4n) is 0.714. The number of nitrogens with one attached hydrogen (secondary N) is 1. The van der Waals surface area contributed by atoms with E-state index in [2.05, 4.69) is 24.2 Å². The topological polar surface area (TPSA) is 24.4 Å². The largest absolute Gasteiger partial charge is 0.385 e. The summed E-state index contributed by atoms with van der Waals surface area (Å²) in [4.78, 5) is 4.01. The van der Waals surface area contributed by atoms with E-state index in [4.69, 9.17) is 0 Å². The molecule has 0 heterocycles. The van der Waals surface area contributed by atoms with Gasteiger partial charge < -0.3 is 5.32 Å². The van der Waals surface area contributed by atoms with Crippen LogP contribution in [0.5, 0.6) is 0 Å². The van der Waals surface area contributed by atoms with Gasteiger partial charge in [0, 0.05) is 24.2 Å². The zero-order valence-corrected chi connectivity index (χ0v) is 7.89. The van der Waals surface area contributed by atoms with E-state index in [1.54, 1.807) is 6.21 Å². The normalized spacial score (nSPS) is 15.5. The summed E-state index contributed by atoms with van der Waals surface area (Å²) in [7, 11) is 0. The maximum atomic E-state index is 4.01. The Balaban J connectivity index is 3.75. The Bertz CT molecular complexity index is 148. The highest BCUT2D eigenvalue weighted by Gasteiger charge is 1.94. The fraction of sp³-hybridized carbons (Fsp3) is 0.667. The molecule has 0 saturated heterocycles. The molecule has 2 nitrogen and oxygen atoms in total. The van der Waals surface area contributed by atoms with E-state index in [0.717, 1.165) is 12.1 Å². The second-order valence-electron chi connectivity index (χ2n) is 2.67. The van der Waals surface area contributed by atoms with Gasteiger partial charge >= 0.3 is 0 Å². The number of hydrogen-bond donors (Lipinski definition) is 1. The van der Waals surface area contributed by atoms with E-state index < -0.39 is 0 Å². The van der Waals surface area contributed by atoms with Crippen LogP contribution in [0.3, 0.4) is 0 Å². The third kappa shape index (κ3) is 5.64. The van der Waals surface area contributed by atoms with Crippen molar-refractivity contribution in [3.8, 4) is 0 Å². The molecule has 0 radical (unpaired) electrons. The lowest BCUT2D eigenvalue weighted by Crippen LogP contribution is -2.22. The molecule has 1 unspecified atom stereocenters. The predicted molar refractivity (Wildman–Crippen MR) is 50.8 cm³/mol. The van der Waals surface area contributed by atoms with Gasteiger partial charge in [-0.05, 0) is 27.2 Å². The summed E-state index contributed by atoms with van der Waals surface area (Å²) in [5.41, 5.74) is 1.12. The van der Waals surface area contributed by atoms with Crippen molar-refractivity contribution in [2.75, 3.05) is 0 Å². The highest BCUT2D eigenvalue weighted by Crippen LogP contribution is 1.94. The SMILES string of the molecule is CC=N/C=C(/C)NC(C)CC. The molecule has 0 rings (SSSR count). The number of hydrogen-bond acceptors (Lipinski definition) is 2. The van der Waals surface area contributed by atoms with Crippen LogP contribution in [-0.4, -0.2) is 12.3 Å². The molecule has 64 valence electrons.